The van der Waals surface area contributed by atoms with Gasteiger partial charge < -0.3 is 4.74 Å². The highest BCUT2D eigenvalue weighted by Crippen LogP contribution is 2.24. The number of hydrogen-bond acceptors (Lipinski definition) is 2. The first kappa shape index (κ1) is 9.56. The summed E-state index contributed by atoms with van der Waals surface area (Å²) in [5.41, 5.74) is 0. The first-order valence-electron chi connectivity index (χ1n) is 4.89. The average molecular weight is 170 g/mol. The Kier molecular flexibility index (Phi) is 3.57. The molecule has 0 bridgehead atoms. The van der Waals surface area contributed by atoms with Crippen molar-refractivity contribution < 1.29 is 9.53 Å². The third-order valence-electron chi connectivity index (χ3n) is 2.79. The van der Waals surface area contributed by atoms with Crippen molar-refractivity contribution in [3.8, 4) is 0 Å². The largest absolute Gasteiger partial charge is 0.465 e. The number of cyclic esters (lactones) is 1. The maximum Gasteiger partial charge on any atom is 0.305 e. The van der Waals surface area contributed by atoms with E-state index < -0.39 is 0 Å². The van der Waals surface area contributed by atoms with Crippen LogP contribution < -0.4 is 0 Å². The van der Waals surface area contributed by atoms with E-state index in [0.717, 1.165) is 12.3 Å². The smallest absolute Gasteiger partial charge is 0.305 e. The Balaban J connectivity index is 2.43. The van der Waals surface area contributed by atoms with Crippen LogP contribution in [0, 0.1) is 11.8 Å². The molecule has 1 fully saturated rings. The summed E-state index contributed by atoms with van der Waals surface area (Å²) in [7, 11) is 0. The summed E-state index contributed by atoms with van der Waals surface area (Å²) in [6.07, 6.45) is 4.01. The van der Waals surface area contributed by atoms with Gasteiger partial charge in [0.25, 0.3) is 0 Å². The number of esters is 1. The Morgan fingerprint density at radius 1 is 1.58 bits per heavy atom. The van der Waals surface area contributed by atoms with Gasteiger partial charge in [0.1, 0.15) is 0 Å². The van der Waals surface area contributed by atoms with Crippen molar-refractivity contribution in [3.05, 3.63) is 0 Å². The van der Waals surface area contributed by atoms with Crippen LogP contribution in [0.4, 0.5) is 0 Å². The summed E-state index contributed by atoms with van der Waals surface area (Å²) in [6, 6.07) is 0. The molecule has 1 heterocycles. The van der Waals surface area contributed by atoms with Gasteiger partial charge in [0.05, 0.1) is 6.61 Å². The molecule has 1 aliphatic rings. The second-order valence-corrected chi connectivity index (χ2v) is 3.72. The minimum absolute atomic E-state index is 0.0172. The fraction of sp³-hybridized carbons (Fsp3) is 0.900. The van der Waals surface area contributed by atoms with Crippen LogP contribution >= 0.6 is 0 Å². The minimum Gasteiger partial charge on any atom is -0.465 e. The predicted molar refractivity (Wildman–Crippen MR) is 47.8 cm³/mol. The molecule has 0 aliphatic carbocycles. The molecule has 1 aliphatic heterocycles. The lowest BCUT2D eigenvalue weighted by Crippen LogP contribution is -2.22. The van der Waals surface area contributed by atoms with E-state index in [2.05, 4.69) is 13.8 Å². The van der Waals surface area contributed by atoms with Gasteiger partial charge in [-0.1, -0.05) is 20.3 Å². The van der Waals surface area contributed by atoms with Crippen molar-refractivity contribution in [2.24, 2.45) is 11.8 Å². The number of carbonyl (C=O) groups excluding carboxylic acids is 1. The number of rotatable bonds is 1. The van der Waals surface area contributed by atoms with Crippen molar-refractivity contribution in [3.63, 3.8) is 0 Å². The van der Waals surface area contributed by atoms with Gasteiger partial charge in [-0.25, -0.2) is 0 Å². The molecular formula is C10H18O2. The summed E-state index contributed by atoms with van der Waals surface area (Å²) in [6.45, 7) is 5.01. The normalized spacial score (nSPS) is 32.0. The van der Waals surface area contributed by atoms with E-state index in [-0.39, 0.29) is 5.97 Å². The van der Waals surface area contributed by atoms with Gasteiger partial charge in [0, 0.05) is 6.42 Å². The standard InChI is InChI=1S/C10H18O2/c1-3-9-5-4-6-10(11)12-7-8(9)2/h8-9H,3-7H2,1-2H3. The fourth-order valence-corrected chi connectivity index (χ4v) is 1.83. The van der Waals surface area contributed by atoms with Crippen molar-refractivity contribution >= 4 is 5.97 Å². The summed E-state index contributed by atoms with van der Waals surface area (Å²) >= 11 is 0. The van der Waals surface area contributed by atoms with E-state index in [9.17, 15) is 4.79 Å². The average Bonchev–Trinajstić information content (AvgIpc) is 2.06. The molecule has 0 spiro atoms. The Morgan fingerprint density at radius 3 is 3.00 bits per heavy atom. The number of carbonyl (C=O) groups is 1. The second kappa shape index (κ2) is 4.48. The van der Waals surface area contributed by atoms with Gasteiger partial charge in [-0.2, -0.15) is 0 Å². The molecule has 2 nitrogen and oxygen atoms in total. The van der Waals surface area contributed by atoms with Gasteiger partial charge in [0.15, 0.2) is 0 Å². The highest BCUT2D eigenvalue weighted by molar-refractivity contribution is 5.69. The molecule has 0 amide bonds. The van der Waals surface area contributed by atoms with Crippen LogP contribution in [-0.4, -0.2) is 12.6 Å². The molecule has 12 heavy (non-hydrogen) atoms. The maximum atomic E-state index is 11.0. The molecule has 0 radical (unpaired) electrons. The summed E-state index contributed by atoms with van der Waals surface area (Å²) in [5, 5.41) is 0. The van der Waals surface area contributed by atoms with E-state index in [1.165, 1.54) is 12.8 Å². The van der Waals surface area contributed by atoms with Crippen molar-refractivity contribution in [2.75, 3.05) is 6.61 Å². The van der Waals surface area contributed by atoms with E-state index in [4.69, 9.17) is 4.74 Å². The van der Waals surface area contributed by atoms with Crippen LogP contribution in [0.1, 0.15) is 39.5 Å². The van der Waals surface area contributed by atoms with Crippen LogP contribution in [0.15, 0.2) is 0 Å². The topological polar surface area (TPSA) is 26.3 Å². The van der Waals surface area contributed by atoms with Crippen LogP contribution in [-0.2, 0) is 9.53 Å². The lowest BCUT2D eigenvalue weighted by Gasteiger charge is -2.24. The van der Waals surface area contributed by atoms with E-state index in [1.54, 1.807) is 0 Å². The van der Waals surface area contributed by atoms with Gasteiger partial charge in [-0.05, 0) is 24.7 Å². The van der Waals surface area contributed by atoms with Gasteiger partial charge in [-0.3, -0.25) is 4.79 Å². The Hall–Kier alpha value is -0.530. The third kappa shape index (κ3) is 2.50. The predicted octanol–water partition coefficient (Wildman–Crippen LogP) is 2.38. The zero-order valence-electron chi connectivity index (χ0n) is 8.01. The molecule has 1 rings (SSSR count). The quantitative estimate of drug-likeness (QED) is 0.565. The van der Waals surface area contributed by atoms with Crippen molar-refractivity contribution in [2.45, 2.75) is 39.5 Å². The van der Waals surface area contributed by atoms with Crippen molar-refractivity contribution in [1.82, 2.24) is 0 Å². The molecular weight excluding hydrogens is 152 g/mol. The van der Waals surface area contributed by atoms with Crippen molar-refractivity contribution in [1.29, 1.82) is 0 Å². The minimum atomic E-state index is -0.0172. The summed E-state index contributed by atoms with van der Waals surface area (Å²) in [4.78, 5) is 11.0. The van der Waals surface area contributed by atoms with Crippen LogP contribution in [0.5, 0.6) is 0 Å². The van der Waals surface area contributed by atoms with E-state index >= 15 is 0 Å². The molecule has 1 saturated heterocycles. The van der Waals surface area contributed by atoms with Gasteiger partial charge >= 0.3 is 5.97 Å². The summed E-state index contributed by atoms with van der Waals surface area (Å²) in [5.74, 6) is 1.27. The molecule has 2 heteroatoms. The Morgan fingerprint density at radius 2 is 2.33 bits per heavy atom. The SMILES string of the molecule is CCC1CCCC(=O)OCC1C. The van der Waals surface area contributed by atoms with E-state index in [0.29, 0.717) is 18.9 Å². The lowest BCUT2D eigenvalue weighted by atomic mass is 9.87. The van der Waals surface area contributed by atoms with Crippen LogP contribution in [0.3, 0.4) is 0 Å². The molecule has 0 N–H and O–H groups in total. The maximum absolute atomic E-state index is 11.0. The zero-order valence-corrected chi connectivity index (χ0v) is 8.01. The molecule has 0 aromatic heterocycles. The highest BCUT2D eigenvalue weighted by Gasteiger charge is 2.20. The Labute approximate surface area is 74.3 Å². The molecule has 0 saturated carbocycles. The number of hydrogen-bond donors (Lipinski definition) is 0. The lowest BCUT2D eigenvalue weighted by molar-refractivity contribution is -0.146. The monoisotopic (exact) mass is 170 g/mol. The highest BCUT2D eigenvalue weighted by atomic mass is 16.5. The Bertz CT molecular complexity index is 154. The molecule has 2 unspecified atom stereocenters. The molecule has 0 aromatic rings. The first-order chi connectivity index (χ1) is 5.74. The molecule has 2 atom stereocenters. The fourth-order valence-electron chi connectivity index (χ4n) is 1.83. The third-order valence-corrected chi connectivity index (χ3v) is 2.79. The van der Waals surface area contributed by atoms with Crippen LogP contribution in [0.25, 0.3) is 0 Å². The summed E-state index contributed by atoms with van der Waals surface area (Å²) < 4.78 is 5.09. The molecule has 70 valence electrons. The first-order valence-corrected chi connectivity index (χ1v) is 4.89. The molecule has 0 aromatic carbocycles. The zero-order chi connectivity index (χ0) is 8.97. The second-order valence-electron chi connectivity index (χ2n) is 3.72. The van der Waals surface area contributed by atoms with E-state index in [1.807, 2.05) is 0 Å². The van der Waals surface area contributed by atoms with Gasteiger partial charge in [-0.15, -0.1) is 0 Å². The van der Waals surface area contributed by atoms with Gasteiger partial charge in [0.2, 0.25) is 0 Å². The van der Waals surface area contributed by atoms with Crippen LogP contribution in [0.2, 0.25) is 0 Å². The number of ether oxygens (including phenoxy) is 1.